The van der Waals surface area contributed by atoms with Gasteiger partial charge in [0, 0.05) is 29.6 Å². The van der Waals surface area contributed by atoms with Crippen LogP contribution in [0.4, 0.5) is 20.8 Å². The predicted molar refractivity (Wildman–Crippen MR) is 248 cm³/mol. The molecule has 0 aliphatic carbocycles. The molecule has 0 fully saturated rings. The highest BCUT2D eigenvalue weighted by Crippen LogP contribution is 2.33. The Morgan fingerprint density at radius 1 is 0.970 bits per heavy atom. The number of hydrogen-bond acceptors (Lipinski definition) is 17. The number of urea groups is 1. The molecule has 1 aliphatic rings. The number of aromatic nitrogens is 6. The summed E-state index contributed by atoms with van der Waals surface area (Å²) in [4.78, 5) is 66.4. The van der Waals surface area contributed by atoms with Crippen LogP contribution < -0.4 is 33.9 Å². The summed E-state index contributed by atoms with van der Waals surface area (Å²) in [5, 5.41) is 12.2. The number of ether oxygens (including phenoxy) is 4. The van der Waals surface area contributed by atoms with Crippen molar-refractivity contribution in [1.82, 2.24) is 34.0 Å². The second kappa shape index (κ2) is 24.6. The number of carboxylic acid groups (broad SMARTS) is 1. The average Bonchev–Trinajstić information content (AvgIpc) is 3.62. The fraction of sp³-hybridized carbons (Fsp3) is 0.275. The number of aliphatic carboxylic acids is 1. The lowest BCUT2D eigenvalue weighted by Gasteiger charge is -2.15. The first-order chi connectivity index (χ1) is 32.0. The van der Waals surface area contributed by atoms with Gasteiger partial charge in [0.1, 0.15) is 45.8 Å². The molecule has 27 heteroatoms. The summed E-state index contributed by atoms with van der Waals surface area (Å²) in [7, 11) is -1.55. The standard InChI is InChI=1S/C15H15ClFN3O3S2.C14H16ClN5O5S.C11H8ClNO3/c1-23-13(21)8-24-12-7-11(10(17)6-9(12)16)18-14-19-4-2-3-5-20(19)15(22)25-14;1-9-16-12(19-14(17-9)24-2)18-13(21)20-26(22,23)11-6-4-3-5-10(11)25-8-7-15;12-8-3-4-9(16-6-10(14)15)11-7(8)2-1-5-13-11/h6-7H,2-5,8H2,1H3;3-6H,7-8H2,1-2H3,(H2,16,17,18,19,20,21);1-5H,6H2,(H,14,15)/b18-14-;;. The topological polar surface area (TPSA) is 257 Å². The smallest absolute Gasteiger partial charge is 0.341 e. The Morgan fingerprint density at radius 2 is 1.72 bits per heavy atom. The van der Waals surface area contributed by atoms with E-state index in [2.05, 4.69) is 35.0 Å². The maximum absolute atomic E-state index is 14.3. The number of carboxylic acids is 1. The van der Waals surface area contributed by atoms with Crippen LogP contribution in [-0.4, -0.2) is 99.9 Å². The van der Waals surface area contributed by atoms with Gasteiger partial charge in [0.05, 0.1) is 35.9 Å². The number of methoxy groups -OCH3 is 2. The molecule has 0 radical (unpaired) electrons. The van der Waals surface area contributed by atoms with Crippen LogP contribution in [0, 0.1) is 12.7 Å². The van der Waals surface area contributed by atoms with Crippen molar-refractivity contribution in [2.75, 3.05) is 44.4 Å². The molecule has 2 amide bonds. The highest BCUT2D eigenvalue weighted by Gasteiger charge is 2.23. The van der Waals surface area contributed by atoms with E-state index in [0.29, 0.717) is 39.1 Å². The third-order valence-electron chi connectivity index (χ3n) is 8.55. The Morgan fingerprint density at radius 3 is 2.43 bits per heavy atom. The molecule has 0 atom stereocenters. The number of halogens is 4. The summed E-state index contributed by atoms with van der Waals surface area (Å²) in [5.74, 6) is -1.15. The number of hydrogen-bond donors (Lipinski definition) is 3. The quantitative estimate of drug-likeness (QED) is 0.0601. The number of esters is 1. The first kappa shape index (κ1) is 51.9. The molecule has 356 valence electrons. The number of nitrogens with one attached hydrogen (secondary N) is 2. The average molecular weight is 1040 g/mol. The van der Waals surface area contributed by atoms with E-state index in [0.717, 1.165) is 47.4 Å². The number of fused-ring (bicyclic) bond motifs is 2. The number of rotatable bonds is 14. The summed E-state index contributed by atoms with van der Waals surface area (Å²) in [5.41, 5.74) is 0.649. The second-order valence-electron chi connectivity index (χ2n) is 13.2. The van der Waals surface area contributed by atoms with Crippen molar-refractivity contribution in [1.29, 1.82) is 0 Å². The van der Waals surface area contributed by atoms with E-state index in [4.69, 9.17) is 54.1 Å². The van der Waals surface area contributed by atoms with Gasteiger partial charge in [-0.05, 0) is 79.6 Å². The summed E-state index contributed by atoms with van der Waals surface area (Å²) in [6, 6.07) is 14.3. The van der Waals surface area contributed by atoms with Gasteiger partial charge in [-0.15, -0.1) is 23.4 Å². The number of aryl methyl sites for hydroxylation is 1. The van der Waals surface area contributed by atoms with E-state index < -0.39 is 40.4 Å². The molecule has 0 spiro atoms. The van der Waals surface area contributed by atoms with E-state index in [1.165, 1.54) is 38.5 Å². The lowest BCUT2D eigenvalue weighted by molar-refractivity contribution is -0.139. The number of nitrogens with zero attached hydrogens (tertiary/aromatic N) is 7. The fourth-order valence-corrected chi connectivity index (χ4v) is 8.98. The minimum absolute atomic E-state index is 0.0181. The van der Waals surface area contributed by atoms with Crippen LogP contribution in [0.3, 0.4) is 0 Å². The summed E-state index contributed by atoms with van der Waals surface area (Å²) in [6.45, 7) is 2.61. The Hall–Kier alpha value is -6.05. The van der Waals surface area contributed by atoms with E-state index in [-0.39, 0.29) is 62.3 Å². The lowest BCUT2D eigenvalue weighted by atomic mass is 10.2. The summed E-state index contributed by atoms with van der Waals surface area (Å²) >= 11 is 19.7. The van der Waals surface area contributed by atoms with Gasteiger partial charge in [-0.25, -0.2) is 36.8 Å². The van der Waals surface area contributed by atoms with Crippen molar-refractivity contribution in [3.8, 4) is 17.5 Å². The maximum Gasteiger partial charge on any atom is 0.341 e. The zero-order valence-electron chi connectivity index (χ0n) is 35.4. The minimum atomic E-state index is -4.20. The molecule has 7 rings (SSSR count). The Kier molecular flexibility index (Phi) is 19.1. The predicted octanol–water partition coefficient (Wildman–Crippen LogP) is 6.46. The molecule has 0 saturated carbocycles. The van der Waals surface area contributed by atoms with Gasteiger partial charge in [0.2, 0.25) is 10.7 Å². The number of carbonyl (C=O) groups excluding carboxylic acids is 2. The van der Waals surface area contributed by atoms with E-state index in [9.17, 15) is 32.0 Å². The van der Waals surface area contributed by atoms with Gasteiger partial charge in [-0.1, -0.05) is 35.3 Å². The van der Waals surface area contributed by atoms with E-state index in [1.54, 1.807) is 52.8 Å². The van der Waals surface area contributed by atoms with Gasteiger partial charge >= 0.3 is 28.9 Å². The molecule has 6 aromatic rings. The number of carbonyl (C=O) groups is 3. The number of pyridine rings is 1. The molecular weight excluding hydrogens is 1000 g/mol. The summed E-state index contributed by atoms with van der Waals surface area (Å²) in [6.07, 6.45) is 3.50. The molecule has 1 aliphatic heterocycles. The van der Waals surface area contributed by atoms with Crippen molar-refractivity contribution in [3.63, 3.8) is 0 Å². The third-order valence-corrected chi connectivity index (χ3v) is 12.7. The van der Waals surface area contributed by atoms with E-state index >= 15 is 0 Å². The molecule has 3 aromatic carbocycles. The Labute approximate surface area is 404 Å². The van der Waals surface area contributed by atoms with Crippen molar-refractivity contribution >= 4 is 108 Å². The number of thioether (sulfide) groups is 1. The lowest BCUT2D eigenvalue weighted by Crippen LogP contribution is -2.35. The van der Waals surface area contributed by atoms with Crippen molar-refractivity contribution in [2.45, 2.75) is 42.6 Å². The minimum Gasteiger partial charge on any atom is -0.491 e. The van der Waals surface area contributed by atoms with Crippen LogP contribution in [0.2, 0.25) is 10.0 Å². The van der Waals surface area contributed by atoms with Crippen LogP contribution in [0.5, 0.6) is 17.5 Å². The zero-order chi connectivity index (χ0) is 48.7. The highest BCUT2D eigenvalue weighted by molar-refractivity contribution is 8.00. The second-order valence-corrected chi connectivity index (χ2v) is 18.0. The van der Waals surface area contributed by atoms with Crippen LogP contribution in [0.25, 0.3) is 10.9 Å². The van der Waals surface area contributed by atoms with Crippen molar-refractivity contribution in [3.05, 3.63) is 103 Å². The molecule has 3 aromatic heterocycles. The molecular formula is C40H39Cl3FN9O11S3. The van der Waals surface area contributed by atoms with Gasteiger partial charge in [-0.2, -0.15) is 15.0 Å². The van der Waals surface area contributed by atoms with Gasteiger partial charge in [0.15, 0.2) is 6.61 Å². The highest BCUT2D eigenvalue weighted by atomic mass is 35.5. The number of para-hydroxylation sites is 1. The van der Waals surface area contributed by atoms with Crippen molar-refractivity contribution in [2.24, 2.45) is 4.99 Å². The molecule has 3 N–H and O–H groups in total. The van der Waals surface area contributed by atoms with Crippen LogP contribution in [0.1, 0.15) is 18.7 Å². The maximum atomic E-state index is 14.3. The molecule has 0 bridgehead atoms. The molecule has 20 nitrogen and oxygen atoms in total. The first-order valence-corrected chi connectivity index (χ1v) is 23.9. The Balaban J connectivity index is 0.000000193. The van der Waals surface area contributed by atoms with Crippen LogP contribution in [0.15, 0.2) is 86.4 Å². The normalized spacial score (nSPS) is 12.1. The monoisotopic (exact) mass is 1040 g/mol. The molecule has 0 unspecified atom stereocenters. The number of anilines is 1. The third kappa shape index (κ3) is 14.7. The number of benzene rings is 3. The van der Waals surface area contributed by atoms with Crippen molar-refractivity contribution < 1.29 is 51.2 Å². The Bertz CT molecular complexity index is 3000. The van der Waals surface area contributed by atoms with Gasteiger partial charge in [-0.3, -0.25) is 24.6 Å². The summed E-state index contributed by atoms with van der Waals surface area (Å²) < 4.78 is 64.3. The number of alkyl halides is 1. The van der Waals surface area contributed by atoms with Crippen LogP contribution >= 0.6 is 57.9 Å². The SMILES string of the molecule is COC(=O)CSc1cc(/N=c2\sc(=O)n3n2CCCC3)c(F)cc1Cl.COc1nc(C)nc(NC(=O)NS(=O)(=O)c2ccccc2OCCCl)n1.O=C(O)COc1ccc(Cl)c2cccnc12. The largest absolute Gasteiger partial charge is 0.491 e. The van der Waals surface area contributed by atoms with Gasteiger partial charge < -0.3 is 24.1 Å². The molecule has 0 saturated heterocycles. The van der Waals surface area contributed by atoms with Gasteiger partial charge in [0.25, 0.3) is 10.0 Å². The number of sulfonamides is 1. The number of amides is 2. The molecule has 67 heavy (non-hydrogen) atoms. The fourth-order valence-electron chi connectivity index (χ4n) is 5.65. The van der Waals surface area contributed by atoms with E-state index in [1.807, 2.05) is 4.72 Å². The molecule has 4 heterocycles. The van der Waals surface area contributed by atoms with Crippen LogP contribution in [-0.2, 0) is 37.4 Å². The zero-order valence-corrected chi connectivity index (χ0v) is 40.1. The first-order valence-electron chi connectivity index (χ1n) is 19.3.